The van der Waals surface area contributed by atoms with Crippen LogP contribution in [0.3, 0.4) is 0 Å². The van der Waals surface area contributed by atoms with Crippen molar-refractivity contribution in [2.75, 3.05) is 0 Å². The predicted octanol–water partition coefficient (Wildman–Crippen LogP) is 2.66. The fourth-order valence-electron chi connectivity index (χ4n) is 1.03. The van der Waals surface area contributed by atoms with E-state index in [4.69, 9.17) is 11.6 Å². The molecule has 2 nitrogen and oxygen atoms in total. The molecule has 0 aliphatic rings. The van der Waals surface area contributed by atoms with Crippen LogP contribution in [0.4, 0.5) is 0 Å². The van der Waals surface area contributed by atoms with Gasteiger partial charge in [-0.2, -0.15) is 0 Å². The summed E-state index contributed by atoms with van der Waals surface area (Å²) in [6, 6.07) is 6.94. The van der Waals surface area contributed by atoms with E-state index in [1.54, 1.807) is 38.1 Å². The van der Waals surface area contributed by atoms with Crippen molar-refractivity contribution >= 4 is 21.4 Å². The Balaban J connectivity index is 2.90. The summed E-state index contributed by atoms with van der Waals surface area (Å²) < 4.78 is 23.1. The Morgan fingerprint density at radius 2 is 2.00 bits per heavy atom. The minimum Gasteiger partial charge on any atom is -0.228 e. The van der Waals surface area contributed by atoms with Crippen LogP contribution >= 0.6 is 11.6 Å². The molecule has 1 aromatic carbocycles. The van der Waals surface area contributed by atoms with E-state index in [1.807, 2.05) is 0 Å². The molecule has 4 heteroatoms. The standard InChI is InChI=1S/C10H13ClO2S/c1-8(2)14(12,13)7-9-4-3-5-10(11)6-9/h3-6,8H,7H2,1-2H3. The highest BCUT2D eigenvalue weighted by molar-refractivity contribution is 7.91. The highest BCUT2D eigenvalue weighted by Crippen LogP contribution is 2.15. The third-order valence-electron chi connectivity index (χ3n) is 1.98. The van der Waals surface area contributed by atoms with Crippen molar-refractivity contribution in [3.63, 3.8) is 0 Å². The van der Waals surface area contributed by atoms with Gasteiger partial charge >= 0.3 is 0 Å². The lowest BCUT2D eigenvalue weighted by Crippen LogP contribution is -2.15. The van der Waals surface area contributed by atoms with Gasteiger partial charge in [0.05, 0.1) is 11.0 Å². The molecule has 0 aliphatic heterocycles. The van der Waals surface area contributed by atoms with Crippen LogP contribution in [0.1, 0.15) is 19.4 Å². The first kappa shape index (κ1) is 11.5. The highest BCUT2D eigenvalue weighted by Gasteiger charge is 2.16. The second-order valence-electron chi connectivity index (χ2n) is 3.49. The van der Waals surface area contributed by atoms with Gasteiger partial charge in [0, 0.05) is 5.02 Å². The molecule has 0 unspecified atom stereocenters. The lowest BCUT2D eigenvalue weighted by Gasteiger charge is -2.07. The normalized spacial score (nSPS) is 12.0. The Hall–Kier alpha value is -0.540. The van der Waals surface area contributed by atoms with Crippen molar-refractivity contribution < 1.29 is 8.42 Å². The minimum atomic E-state index is -3.03. The van der Waals surface area contributed by atoms with Crippen molar-refractivity contribution in [2.45, 2.75) is 24.9 Å². The van der Waals surface area contributed by atoms with Crippen LogP contribution < -0.4 is 0 Å². The summed E-state index contributed by atoms with van der Waals surface area (Å²) in [7, 11) is -3.03. The van der Waals surface area contributed by atoms with Gasteiger partial charge in [-0.25, -0.2) is 8.42 Å². The molecule has 1 rings (SSSR count). The topological polar surface area (TPSA) is 34.1 Å². The molecule has 0 fully saturated rings. The van der Waals surface area contributed by atoms with Gasteiger partial charge in [-0.3, -0.25) is 0 Å². The van der Waals surface area contributed by atoms with Crippen molar-refractivity contribution in [1.29, 1.82) is 0 Å². The zero-order valence-corrected chi connectivity index (χ0v) is 9.77. The second kappa shape index (κ2) is 4.32. The third-order valence-corrected chi connectivity index (χ3v) is 4.38. The Labute approximate surface area is 89.8 Å². The molecule has 0 atom stereocenters. The summed E-state index contributed by atoms with van der Waals surface area (Å²) in [6.07, 6.45) is 0. The first-order valence-electron chi connectivity index (χ1n) is 4.38. The molecule has 78 valence electrons. The molecule has 0 heterocycles. The van der Waals surface area contributed by atoms with E-state index in [1.165, 1.54) is 0 Å². The Kier molecular flexibility index (Phi) is 3.56. The number of sulfone groups is 1. The van der Waals surface area contributed by atoms with Gasteiger partial charge in [-0.1, -0.05) is 23.7 Å². The number of hydrogen-bond donors (Lipinski definition) is 0. The average molecular weight is 233 g/mol. The molecule has 0 radical (unpaired) electrons. The maximum atomic E-state index is 11.6. The van der Waals surface area contributed by atoms with Crippen molar-refractivity contribution in [1.82, 2.24) is 0 Å². The van der Waals surface area contributed by atoms with E-state index in [2.05, 4.69) is 0 Å². The average Bonchev–Trinajstić information content (AvgIpc) is 2.02. The summed E-state index contributed by atoms with van der Waals surface area (Å²) in [5.74, 6) is 0.0607. The Morgan fingerprint density at radius 3 is 2.50 bits per heavy atom. The fraction of sp³-hybridized carbons (Fsp3) is 0.400. The molecule has 14 heavy (non-hydrogen) atoms. The van der Waals surface area contributed by atoms with E-state index in [0.29, 0.717) is 5.02 Å². The lowest BCUT2D eigenvalue weighted by atomic mass is 10.2. The molecule has 0 aromatic heterocycles. The van der Waals surface area contributed by atoms with Crippen LogP contribution in [-0.2, 0) is 15.6 Å². The smallest absolute Gasteiger partial charge is 0.156 e. The predicted molar refractivity (Wildman–Crippen MR) is 59.2 cm³/mol. The number of hydrogen-bond acceptors (Lipinski definition) is 2. The molecule has 0 aliphatic carbocycles. The van der Waals surface area contributed by atoms with E-state index in [-0.39, 0.29) is 11.0 Å². The van der Waals surface area contributed by atoms with Gasteiger partial charge in [-0.15, -0.1) is 0 Å². The van der Waals surface area contributed by atoms with Gasteiger partial charge < -0.3 is 0 Å². The molecular formula is C10H13ClO2S. The summed E-state index contributed by atoms with van der Waals surface area (Å²) in [5.41, 5.74) is 0.742. The molecule has 0 spiro atoms. The van der Waals surface area contributed by atoms with Crippen molar-refractivity contribution in [3.8, 4) is 0 Å². The molecular weight excluding hydrogens is 220 g/mol. The fourth-order valence-corrected chi connectivity index (χ4v) is 2.22. The summed E-state index contributed by atoms with van der Waals surface area (Å²) in [6.45, 7) is 3.36. The first-order valence-corrected chi connectivity index (χ1v) is 6.47. The van der Waals surface area contributed by atoms with Gasteiger partial charge in [0.2, 0.25) is 0 Å². The SMILES string of the molecule is CC(C)S(=O)(=O)Cc1cccc(Cl)c1. The van der Waals surface area contributed by atoms with Crippen LogP contribution in [0.2, 0.25) is 5.02 Å². The summed E-state index contributed by atoms with van der Waals surface area (Å²) >= 11 is 5.76. The third kappa shape index (κ3) is 3.00. The summed E-state index contributed by atoms with van der Waals surface area (Å²) in [5, 5.41) is 0.225. The first-order chi connectivity index (χ1) is 6.42. The maximum Gasteiger partial charge on any atom is 0.156 e. The van der Waals surface area contributed by atoms with Crippen LogP contribution in [0.15, 0.2) is 24.3 Å². The molecule has 0 saturated carbocycles. The summed E-state index contributed by atoms with van der Waals surface area (Å²) in [4.78, 5) is 0. The molecule has 0 bridgehead atoms. The zero-order valence-electron chi connectivity index (χ0n) is 8.20. The van der Waals surface area contributed by atoms with Gasteiger partial charge in [-0.05, 0) is 31.5 Å². The monoisotopic (exact) mass is 232 g/mol. The molecule has 0 amide bonds. The molecule has 1 aromatic rings. The van der Waals surface area contributed by atoms with Crippen molar-refractivity contribution in [2.24, 2.45) is 0 Å². The Bertz CT molecular complexity index is 410. The van der Waals surface area contributed by atoms with Crippen molar-refractivity contribution in [3.05, 3.63) is 34.9 Å². The molecule has 0 saturated heterocycles. The van der Waals surface area contributed by atoms with Gasteiger partial charge in [0.1, 0.15) is 0 Å². The maximum absolute atomic E-state index is 11.6. The zero-order chi connectivity index (χ0) is 10.8. The lowest BCUT2D eigenvalue weighted by molar-refractivity contribution is 0.586. The van der Waals surface area contributed by atoms with Crippen LogP contribution in [0.25, 0.3) is 0 Å². The molecule has 0 N–H and O–H groups in total. The van der Waals surface area contributed by atoms with E-state index in [0.717, 1.165) is 5.56 Å². The number of benzene rings is 1. The highest BCUT2D eigenvalue weighted by atomic mass is 35.5. The van der Waals surface area contributed by atoms with Crippen LogP contribution in [0, 0.1) is 0 Å². The van der Waals surface area contributed by atoms with Gasteiger partial charge in [0.15, 0.2) is 9.84 Å². The van der Waals surface area contributed by atoms with E-state index < -0.39 is 9.84 Å². The second-order valence-corrected chi connectivity index (χ2v) is 6.48. The Morgan fingerprint density at radius 1 is 1.36 bits per heavy atom. The van der Waals surface area contributed by atoms with Gasteiger partial charge in [0.25, 0.3) is 0 Å². The van der Waals surface area contributed by atoms with Crippen LogP contribution in [0.5, 0.6) is 0 Å². The van der Waals surface area contributed by atoms with E-state index in [9.17, 15) is 8.42 Å². The number of halogens is 1. The quantitative estimate of drug-likeness (QED) is 0.803. The largest absolute Gasteiger partial charge is 0.228 e. The van der Waals surface area contributed by atoms with Crippen LogP contribution in [-0.4, -0.2) is 13.7 Å². The number of rotatable bonds is 3. The van der Waals surface area contributed by atoms with E-state index >= 15 is 0 Å². The minimum absolute atomic E-state index is 0.0607.